The SMILES string of the molecule is CCCn1nccc1C(=O)C(O)c1ccccc1. The summed E-state index contributed by atoms with van der Waals surface area (Å²) < 4.78 is 1.63. The fourth-order valence-electron chi connectivity index (χ4n) is 1.86. The molecule has 0 radical (unpaired) electrons. The molecule has 0 bridgehead atoms. The average Bonchev–Trinajstić information content (AvgIpc) is 2.87. The van der Waals surface area contributed by atoms with E-state index in [1.54, 1.807) is 41.2 Å². The van der Waals surface area contributed by atoms with Gasteiger partial charge in [0.2, 0.25) is 5.78 Å². The highest BCUT2D eigenvalue weighted by Gasteiger charge is 2.21. The second kappa shape index (κ2) is 5.60. The molecule has 0 saturated carbocycles. The number of Topliss-reactive ketones (excluding diaryl/α,β-unsaturated/α-hetero) is 1. The molecule has 2 aromatic rings. The molecular weight excluding hydrogens is 228 g/mol. The molecule has 1 unspecified atom stereocenters. The molecule has 0 aliphatic rings. The molecule has 1 N–H and O–H groups in total. The number of rotatable bonds is 5. The van der Waals surface area contributed by atoms with Crippen LogP contribution in [0.5, 0.6) is 0 Å². The van der Waals surface area contributed by atoms with Crippen LogP contribution in [-0.4, -0.2) is 20.7 Å². The van der Waals surface area contributed by atoms with Gasteiger partial charge in [0, 0.05) is 12.7 Å². The maximum atomic E-state index is 12.2. The Morgan fingerprint density at radius 3 is 2.72 bits per heavy atom. The van der Waals surface area contributed by atoms with Crippen molar-refractivity contribution in [1.29, 1.82) is 0 Å². The van der Waals surface area contributed by atoms with Gasteiger partial charge in [0.05, 0.1) is 0 Å². The second-order valence-electron chi connectivity index (χ2n) is 4.12. The predicted molar refractivity (Wildman–Crippen MR) is 68.3 cm³/mol. The van der Waals surface area contributed by atoms with E-state index in [9.17, 15) is 9.90 Å². The van der Waals surface area contributed by atoms with E-state index in [2.05, 4.69) is 5.10 Å². The summed E-state index contributed by atoms with van der Waals surface area (Å²) in [4.78, 5) is 12.2. The average molecular weight is 244 g/mol. The van der Waals surface area contributed by atoms with Crippen LogP contribution >= 0.6 is 0 Å². The number of hydrogen-bond acceptors (Lipinski definition) is 3. The third-order valence-corrected chi connectivity index (χ3v) is 2.77. The van der Waals surface area contributed by atoms with Gasteiger partial charge in [-0.15, -0.1) is 0 Å². The first-order valence-corrected chi connectivity index (χ1v) is 6.03. The highest BCUT2D eigenvalue weighted by molar-refractivity contribution is 5.98. The van der Waals surface area contributed by atoms with Crippen LogP contribution in [0.4, 0.5) is 0 Å². The minimum atomic E-state index is -1.13. The Balaban J connectivity index is 2.23. The maximum Gasteiger partial charge on any atom is 0.213 e. The first-order chi connectivity index (χ1) is 8.74. The number of aliphatic hydroxyl groups excluding tert-OH is 1. The molecule has 18 heavy (non-hydrogen) atoms. The molecule has 94 valence electrons. The Labute approximate surface area is 106 Å². The number of nitrogens with zero attached hydrogens (tertiary/aromatic N) is 2. The van der Waals surface area contributed by atoms with E-state index in [0.717, 1.165) is 6.42 Å². The van der Waals surface area contributed by atoms with Crippen molar-refractivity contribution < 1.29 is 9.90 Å². The lowest BCUT2D eigenvalue weighted by Gasteiger charge is -2.11. The monoisotopic (exact) mass is 244 g/mol. The molecule has 4 nitrogen and oxygen atoms in total. The van der Waals surface area contributed by atoms with Crippen LogP contribution in [0.15, 0.2) is 42.6 Å². The molecule has 4 heteroatoms. The number of aliphatic hydroxyl groups is 1. The number of benzene rings is 1. The van der Waals surface area contributed by atoms with Crippen molar-refractivity contribution in [2.45, 2.75) is 26.0 Å². The molecule has 1 atom stereocenters. The van der Waals surface area contributed by atoms with Crippen molar-refractivity contribution in [2.75, 3.05) is 0 Å². The van der Waals surface area contributed by atoms with Crippen LogP contribution in [0.2, 0.25) is 0 Å². The van der Waals surface area contributed by atoms with Crippen molar-refractivity contribution in [1.82, 2.24) is 9.78 Å². The van der Waals surface area contributed by atoms with Gasteiger partial charge in [-0.3, -0.25) is 9.48 Å². The Hall–Kier alpha value is -1.94. The van der Waals surface area contributed by atoms with Crippen LogP contribution in [-0.2, 0) is 6.54 Å². The fraction of sp³-hybridized carbons (Fsp3) is 0.286. The minimum absolute atomic E-state index is 0.313. The topological polar surface area (TPSA) is 55.1 Å². The van der Waals surface area contributed by atoms with E-state index >= 15 is 0 Å². The van der Waals surface area contributed by atoms with Crippen molar-refractivity contribution >= 4 is 5.78 Å². The highest BCUT2D eigenvalue weighted by atomic mass is 16.3. The zero-order valence-corrected chi connectivity index (χ0v) is 10.3. The van der Waals surface area contributed by atoms with Crippen LogP contribution in [0.3, 0.4) is 0 Å². The quantitative estimate of drug-likeness (QED) is 0.820. The Morgan fingerprint density at radius 2 is 2.06 bits per heavy atom. The lowest BCUT2D eigenvalue weighted by Crippen LogP contribution is -2.17. The van der Waals surface area contributed by atoms with E-state index in [0.29, 0.717) is 17.8 Å². The summed E-state index contributed by atoms with van der Waals surface area (Å²) in [5.41, 5.74) is 1.06. The van der Waals surface area contributed by atoms with Gasteiger partial charge in [-0.2, -0.15) is 5.10 Å². The third kappa shape index (κ3) is 2.49. The van der Waals surface area contributed by atoms with Crippen molar-refractivity contribution in [3.63, 3.8) is 0 Å². The number of hydrogen-bond donors (Lipinski definition) is 1. The standard InChI is InChI=1S/C14H16N2O2/c1-2-10-16-12(8-9-15-16)14(18)13(17)11-6-4-3-5-7-11/h3-9,13,17H,2,10H2,1H3. The Kier molecular flexibility index (Phi) is 3.89. The van der Waals surface area contributed by atoms with Gasteiger partial charge in [-0.1, -0.05) is 37.3 Å². The van der Waals surface area contributed by atoms with Crippen molar-refractivity contribution in [3.8, 4) is 0 Å². The van der Waals surface area contributed by atoms with Crippen molar-refractivity contribution in [2.24, 2.45) is 0 Å². The number of carbonyl (C=O) groups excluding carboxylic acids is 1. The zero-order valence-electron chi connectivity index (χ0n) is 10.3. The molecule has 0 aliphatic heterocycles. The molecule has 2 rings (SSSR count). The van der Waals surface area contributed by atoms with Crippen molar-refractivity contribution in [3.05, 3.63) is 53.9 Å². The summed E-state index contributed by atoms with van der Waals surface area (Å²) in [7, 11) is 0. The zero-order chi connectivity index (χ0) is 13.0. The molecule has 0 saturated heterocycles. The predicted octanol–water partition coefficient (Wildman–Crippen LogP) is 2.21. The van der Waals surface area contributed by atoms with Crippen LogP contribution < -0.4 is 0 Å². The van der Waals surface area contributed by atoms with E-state index < -0.39 is 6.10 Å². The molecule has 1 heterocycles. The number of carbonyl (C=O) groups is 1. The molecule has 0 aliphatic carbocycles. The van der Waals surface area contributed by atoms with Gasteiger partial charge in [0.15, 0.2) is 0 Å². The normalized spacial score (nSPS) is 12.3. The van der Waals surface area contributed by atoms with Gasteiger partial charge in [-0.25, -0.2) is 0 Å². The minimum Gasteiger partial charge on any atom is -0.380 e. The lowest BCUT2D eigenvalue weighted by molar-refractivity contribution is 0.0735. The largest absolute Gasteiger partial charge is 0.380 e. The Bertz CT molecular complexity index is 520. The van der Waals surface area contributed by atoms with Gasteiger partial charge >= 0.3 is 0 Å². The number of aryl methyl sites for hydroxylation is 1. The summed E-state index contributed by atoms with van der Waals surface area (Å²) in [6.45, 7) is 2.69. The molecular formula is C14H16N2O2. The summed E-state index contributed by atoms with van der Waals surface area (Å²) in [6.07, 6.45) is 1.35. The van der Waals surface area contributed by atoms with E-state index in [1.165, 1.54) is 0 Å². The van der Waals surface area contributed by atoms with Crippen LogP contribution in [0.1, 0.15) is 35.5 Å². The van der Waals surface area contributed by atoms with Gasteiger partial charge < -0.3 is 5.11 Å². The summed E-state index contributed by atoms with van der Waals surface area (Å²) in [5, 5.41) is 14.2. The first-order valence-electron chi connectivity index (χ1n) is 6.03. The van der Waals surface area contributed by atoms with Crippen LogP contribution in [0.25, 0.3) is 0 Å². The fourth-order valence-corrected chi connectivity index (χ4v) is 1.86. The number of aromatic nitrogens is 2. The van der Waals surface area contributed by atoms with Gasteiger partial charge in [0.25, 0.3) is 0 Å². The summed E-state index contributed by atoms with van der Waals surface area (Å²) >= 11 is 0. The number of ketones is 1. The Morgan fingerprint density at radius 1 is 1.33 bits per heavy atom. The van der Waals surface area contributed by atoms with E-state index in [-0.39, 0.29) is 5.78 Å². The molecule has 1 aromatic heterocycles. The second-order valence-corrected chi connectivity index (χ2v) is 4.12. The molecule has 0 spiro atoms. The molecule has 0 fully saturated rings. The van der Waals surface area contributed by atoms with E-state index in [1.807, 2.05) is 13.0 Å². The maximum absolute atomic E-state index is 12.2. The van der Waals surface area contributed by atoms with Gasteiger partial charge in [0.1, 0.15) is 11.8 Å². The summed E-state index contributed by atoms with van der Waals surface area (Å²) in [6, 6.07) is 10.6. The third-order valence-electron chi connectivity index (χ3n) is 2.77. The highest BCUT2D eigenvalue weighted by Crippen LogP contribution is 2.18. The lowest BCUT2D eigenvalue weighted by atomic mass is 10.0. The molecule has 0 amide bonds. The van der Waals surface area contributed by atoms with Crippen LogP contribution in [0, 0.1) is 0 Å². The first kappa shape index (κ1) is 12.5. The van der Waals surface area contributed by atoms with E-state index in [4.69, 9.17) is 0 Å². The van der Waals surface area contributed by atoms with Gasteiger partial charge in [-0.05, 0) is 18.1 Å². The molecule has 1 aromatic carbocycles. The smallest absolute Gasteiger partial charge is 0.213 e. The summed E-state index contributed by atoms with van der Waals surface area (Å²) in [5.74, 6) is -0.313.